The Kier molecular flexibility index (Phi) is 4.94. The molecule has 1 aromatic heterocycles. The topological polar surface area (TPSA) is 81.0 Å². The van der Waals surface area contributed by atoms with Gasteiger partial charge in [-0.3, -0.25) is 10.1 Å². The van der Waals surface area contributed by atoms with Gasteiger partial charge < -0.3 is 5.32 Å². The SMILES string of the molecule is CCCNCc1cc(C)nc(-c2cccc([N+](=O)[O-])c2)n1. The van der Waals surface area contributed by atoms with E-state index in [0.29, 0.717) is 17.9 Å². The van der Waals surface area contributed by atoms with Gasteiger partial charge in [0.2, 0.25) is 0 Å². The lowest BCUT2D eigenvalue weighted by Crippen LogP contribution is -2.15. The molecule has 2 aromatic rings. The predicted octanol–water partition coefficient (Wildman–Crippen LogP) is 2.86. The number of nitro groups is 1. The second-order valence-corrected chi connectivity index (χ2v) is 4.81. The summed E-state index contributed by atoms with van der Waals surface area (Å²) in [6, 6.07) is 8.31. The highest BCUT2D eigenvalue weighted by Crippen LogP contribution is 2.21. The van der Waals surface area contributed by atoms with Crippen LogP contribution in [0.2, 0.25) is 0 Å². The van der Waals surface area contributed by atoms with Crippen LogP contribution in [-0.2, 0) is 6.54 Å². The maximum absolute atomic E-state index is 10.8. The number of nitrogens with zero attached hydrogens (tertiary/aromatic N) is 3. The molecule has 1 N–H and O–H groups in total. The van der Waals surface area contributed by atoms with Gasteiger partial charge in [-0.15, -0.1) is 0 Å². The monoisotopic (exact) mass is 286 g/mol. The summed E-state index contributed by atoms with van der Waals surface area (Å²) in [4.78, 5) is 19.3. The number of nitrogens with one attached hydrogen (secondary N) is 1. The minimum absolute atomic E-state index is 0.0447. The first kappa shape index (κ1) is 15.1. The van der Waals surface area contributed by atoms with E-state index >= 15 is 0 Å². The van der Waals surface area contributed by atoms with Gasteiger partial charge in [-0.25, -0.2) is 9.97 Å². The number of rotatable bonds is 6. The van der Waals surface area contributed by atoms with Gasteiger partial charge in [0.1, 0.15) is 0 Å². The Morgan fingerprint density at radius 2 is 2.10 bits per heavy atom. The Morgan fingerprint density at radius 3 is 2.81 bits per heavy atom. The Bertz CT molecular complexity index is 643. The second-order valence-electron chi connectivity index (χ2n) is 4.81. The van der Waals surface area contributed by atoms with Crippen LogP contribution in [0.3, 0.4) is 0 Å². The maximum atomic E-state index is 10.8. The molecule has 0 saturated heterocycles. The Labute approximate surface area is 123 Å². The van der Waals surface area contributed by atoms with Gasteiger partial charge >= 0.3 is 0 Å². The fraction of sp³-hybridized carbons (Fsp3) is 0.333. The Morgan fingerprint density at radius 1 is 1.29 bits per heavy atom. The van der Waals surface area contributed by atoms with E-state index in [-0.39, 0.29) is 5.69 Å². The molecule has 0 aliphatic carbocycles. The third-order valence-electron chi connectivity index (χ3n) is 2.96. The fourth-order valence-corrected chi connectivity index (χ4v) is 2.01. The van der Waals surface area contributed by atoms with E-state index in [2.05, 4.69) is 22.2 Å². The average Bonchev–Trinajstić information content (AvgIpc) is 2.47. The summed E-state index contributed by atoms with van der Waals surface area (Å²) in [7, 11) is 0. The summed E-state index contributed by atoms with van der Waals surface area (Å²) in [5.41, 5.74) is 2.44. The van der Waals surface area contributed by atoms with Crippen LogP contribution < -0.4 is 5.32 Å². The zero-order chi connectivity index (χ0) is 15.2. The smallest absolute Gasteiger partial charge is 0.270 e. The Balaban J connectivity index is 2.30. The van der Waals surface area contributed by atoms with Crippen molar-refractivity contribution < 1.29 is 4.92 Å². The van der Waals surface area contributed by atoms with Crippen molar-refractivity contribution in [3.8, 4) is 11.4 Å². The van der Waals surface area contributed by atoms with Crippen LogP contribution in [0.5, 0.6) is 0 Å². The minimum Gasteiger partial charge on any atom is -0.311 e. The first-order valence-corrected chi connectivity index (χ1v) is 6.90. The molecule has 0 radical (unpaired) electrons. The van der Waals surface area contributed by atoms with Gasteiger partial charge in [0, 0.05) is 29.9 Å². The summed E-state index contributed by atoms with van der Waals surface area (Å²) in [6.07, 6.45) is 1.06. The van der Waals surface area contributed by atoms with Crippen LogP contribution in [0.15, 0.2) is 30.3 Å². The van der Waals surface area contributed by atoms with E-state index in [1.165, 1.54) is 12.1 Å². The quantitative estimate of drug-likeness (QED) is 0.501. The highest BCUT2D eigenvalue weighted by molar-refractivity contribution is 5.59. The average molecular weight is 286 g/mol. The van der Waals surface area contributed by atoms with Crippen molar-refractivity contribution in [3.63, 3.8) is 0 Å². The van der Waals surface area contributed by atoms with Crippen molar-refractivity contribution in [2.75, 3.05) is 6.54 Å². The second kappa shape index (κ2) is 6.90. The van der Waals surface area contributed by atoms with Crippen molar-refractivity contribution in [1.82, 2.24) is 15.3 Å². The summed E-state index contributed by atoms with van der Waals surface area (Å²) < 4.78 is 0. The van der Waals surface area contributed by atoms with Crippen LogP contribution in [-0.4, -0.2) is 21.4 Å². The van der Waals surface area contributed by atoms with Gasteiger partial charge in [-0.1, -0.05) is 19.1 Å². The van der Waals surface area contributed by atoms with Crippen molar-refractivity contribution in [2.24, 2.45) is 0 Å². The third kappa shape index (κ3) is 4.06. The lowest BCUT2D eigenvalue weighted by atomic mass is 10.2. The molecule has 0 amide bonds. The molecule has 0 bridgehead atoms. The molecule has 6 heteroatoms. The molecule has 0 spiro atoms. The van der Waals surface area contributed by atoms with Crippen molar-refractivity contribution in [3.05, 3.63) is 51.8 Å². The van der Waals surface area contributed by atoms with Crippen molar-refractivity contribution in [1.29, 1.82) is 0 Å². The maximum Gasteiger partial charge on any atom is 0.270 e. The highest BCUT2D eigenvalue weighted by atomic mass is 16.6. The van der Waals surface area contributed by atoms with Gasteiger partial charge in [0.25, 0.3) is 5.69 Å². The van der Waals surface area contributed by atoms with E-state index in [0.717, 1.165) is 24.4 Å². The fourth-order valence-electron chi connectivity index (χ4n) is 2.01. The Hall–Kier alpha value is -2.34. The molecule has 0 aliphatic rings. The van der Waals surface area contributed by atoms with E-state index in [4.69, 9.17) is 0 Å². The van der Waals surface area contributed by atoms with Crippen molar-refractivity contribution in [2.45, 2.75) is 26.8 Å². The predicted molar refractivity (Wildman–Crippen MR) is 80.9 cm³/mol. The molecule has 0 fully saturated rings. The van der Waals surface area contributed by atoms with E-state index in [1.807, 2.05) is 13.0 Å². The first-order chi connectivity index (χ1) is 10.1. The number of hydrogen-bond acceptors (Lipinski definition) is 5. The van der Waals surface area contributed by atoms with Gasteiger partial charge in [-0.2, -0.15) is 0 Å². The number of non-ortho nitro benzene ring substituents is 1. The molecular formula is C15H18N4O2. The van der Waals surface area contributed by atoms with Gasteiger partial charge in [0.15, 0.2) is 5.82 Å². The zero-order valence-corrected chi connectivity index (χ0v) is 12.2. The van der Waals surface area contributed by atoms with Crippen LogP contribution in [0.4, 0.5) is 5.69 Å². The normalized spacial score (nSPS) is 10.6. The number of nitro benzene ring substituents is 1. The van der Waals surface area contributed by atoms with Crippen LogP contribution in [0.25, 0.3) is 11.4 Å². The van der Waals surface area contributed by atoms with Crippen LogP contribution in [0, 0.1) is 17.0 Å². The number of benzene rings is 1. The molecule has 0 unspecified atom stereocenters. The molecule has 0 saturated carbocycles. The molecule has 2 rings (SSSR count). The van der Waals surface area contributed by atoms with Crippen LogP contribution >= 0.6 is 0 Å². The minimum atomic E-state index is -0.414. The number of hydrogen-bond donors (Lipinski definition) is 1. The molecule has 110 valence electrons. The summed E-state index contributed by atoms with van der Waals surface area (Å²) >= 11 is 0. The molecule has 21 heavy (non-hydrogen) atoms. The van der Waals surface area contributed by atoms with E-state index in [1.54, 1.807) is 12.1 Å². The summed E-state index contributed by atoms with van der Waals surface area (Å²) in [5.74, 6) is 0.520. The van der Waals surface area contributed by atoms with Crippen molar-refractivity contribution >= 4 is 5.69 Å². The van der Waals surface area contributed by atoms with E-state index in [9.17, 15) is 10.1 Å². The lowest BCUT2D eigenvalue weighted by Gasteiger charge is -2.07. The third-order valence-corrected chi connectivity index (χ3v) is 2.96. The molecular weight excluding hydrogens is 268 g/mol. The van der Waals surface area contributed by atoms with Crippen LogP contribution in [0.1, 0.15) is 24.7 Å². The van der Waals surface area contributed by atoms with Gasteiger partial charge in [-0.05, 0) is 26.0 Å². The summed E-state index contributed by atoms with van der Waals surface area (Å²) in [5, 5.41) is 14.1. The number of aryl methyl sites for hydroxylation is 1. The molecule has 0 atom stereocenters. The molecule has 0 aliphatic heterocycles. The molecule has 1 aromatic carbocycles. The van der Waals surface area contributed by atoms with Gasteiger partial charge in [0.05, 0.1) is 10.6 Å². The highest BCUT2D eigenvalue weighted by Gasteiger charge is 2.10. The summed E-state index contributed by atoms with van der Waals surface area (Å²) in [6.45, 7) is 5.59. The largest absolute Gasteiger partial charge is 0.311 e. The zero-order valence-electron chi connectivity index (χ0n) is 12.2. The first-order valence-electron chi connectivity index (χ1n) is 6.90. The standard InChI is InChI=1S/C15H18N4O2/c1-3-7-16-10-13-8-11(2)17-15(18-13)12-5-4-6-14(9-12)19(20)21/h4-6,8-9,16H,3,7,10H2,1-2H3. The number of aromatic nitrogens is 2. The molecule has 6 nitrogen and oxygen atoms in total. The lowest BCUT2D eigenvalue weighted by molar-refractivity contribution is -0.384. The molecule has 1 heterocycles. The van der Waals surface area contributed by atoms with E-state index < -0.39 is 4.92 Å².